The zero-order chi connectivity index (χ0) is 18.1. The third kappa shape index (κ3) is 4.52. The molecule has 0 amide bonds. The van der Waals surface area contributed by atoms with Crippen LogP contribution in [0.15, 0.2) is 35.8 Å². The Hall–Kier alpha value is -2.47. The van der Waals surface area contributed by atoms with Crippen LogP contribution in [0.4, 0.5) is 0 Å². The molecule has 0 aliphatic heterocycles. The normalized spacial score (nSPS) is 9.50. The van der Waals surface area contributed by atoms with Crippen LogP contribution in [0.5, 0.6) is 0 Å². The van der Waals surface area contributed by atoms with E-state index in [1.807, 2.05) is 38.1 Å². The lowest BCUT2D eigenvalue weighted by molar-refractivity contribution is 0.0691. The fraction of sp³-hybridized carbons (Fsp3) is 0.278. The minimum atomic E-state index is -1.13. The summed E-state index contributed by atoms with van der Waals surface area (Å²) in [5.41, 5.74) is 1.26. The highest BCUT2D eigenvalue weighted by Gasteiger charge is 2.19. The molecule has 6 heteroatoms. The van der Waals surface area contributed by atoms with Crippen LogP contribution in [0.1, 0.15) is 60.0 Å². The number of carboxylic acid groups (broad SMARTS) is 1. The van der Waals surface area contributed by atoms with Gasteiger partial charge in [-0.05, 0) is 6.07 Å². The molecule has 0 fully saturated rings. The molecule has 5 nitrogen and oxygen atoms in total. The second-order valence-electron chi connectivity index (χ2n) is 4.63. The van der Waals surface area contributed by atoms with Gasteiger partial charge in [-0.15, -0.1) is 11.3 Å². The summed E-state index contributed by atoms with van der Waals surface area (Å²) in [7, 11) is 0. The van der Waals surface area contributed by atoms with Crippen LogP contribution in [0.25, 0.3) is 10.9 Å². The van der Waals surface area contributed by atoms with Crippen molar-refractivity contribution in [2.45, 2.75) is 34.1 Å². The highest BCUT2D eigenvalue weighted by Crippen LogP contribution is 2.22. The number of rotatable bonds is 3. The van der Waals surface area contributed by atoms with Gasteiger partial charge < -0.3 is 10.1 Å². The third-order valence-electron chi connectivity index (χ3n) is 2.75. The van der Waals surface area contributed by atoms with Crippen LogP contribution < -0.4 is 0 Å². The van der Waals surface area contributed by atoms with Gasteiger partial charge in [-0.2, -0.15) is 0 Å². The number of thiazole rings is 1. The lowest BCUT2D eigenvalue weighted by Crippen LogP contribution is -2.02. The van der Waals surface area contributed by atoms with E-state index in [1.165, 1.54) is 11.8 Å². The monoisotopic (exact) mass is 346 g/mol. The van der Waals surface area contributed by atoms with E-state index in [4.69, 9.17) is 5.11 Å². The van der Waals surface area contributed by atoms with E-state index in [-0.39, 0.29) is 16.5 Å². The van der Waals surface area contributed by atoms with Crippen LogP contribution >= 0.6 is 11.3 Å². The summed E-state index contributed by atoms with van der Waals surface area (Å²) in [4.78, 5) is 29.9. The number of ketones is 1. The quantitative estimate of drug-likeness (QED) is 0.654. The maximum Gasteiger partial charge on any atom is 0.355 e. The van der Waals surface area contributed by atoms with Crippen LogP contribution in [-0.2, 0) is 0 Å². The Bertz CT molecular complexity index is 805. The van der Waals surface area contributed by atoms with Crippen molar-refractivity contribution in [1.82, 2.24) is 9.97 Å². The van der Waals surface area contributed by atoms with E-state index in [2.05, 4.69) is 23.8 Å². The van der Waals surface area contributed by atoms with Crippen molar-refractivity contribution in [3.8, 4) is 0 Å². The Labute approximate surface area is 145 Å². The van der Waals surface area contributed by atoms with Gasteiger partial charge in [0.1, 0.15) is 0 Å². The smallest absolute Gasteiger partial charge is 0.355 e. The van der Waals surface area contributed by atoms with Crippen LogP contribution in [0, 0.1) is 0 Å². The number of benzene rings is 1. The van der Waals surface area contributed by atoms with Gasteiger partial charge in [0, 0.05) is 22.5 Å². The number of carbonyl (C=O) groups excluding carboxylic acids is 1. The molecule has 0 saturated heterocycles. The highest BCUT2D eigenvalue weighted by atomic mass is 32.1. The van der Waals surface area contributed by atoms with Gasteiger partial charge in [-0.1, -0.05) is 52.3 Å². The number of aromatic amines is 1. The minimum Gasteiger partial charge on any atom is -0.476 e. The van der Waals surface area contributed by atoms with Crippen molar-refractivity contribution in [2.75, 3.05) is 0 Å². The van der Waals surface area contributed by atoms with Gasteiger partial charge in [-0.25, -0.2) is 9.78 Å². The molecule has 0 spiro atoms. The molecule has 0 radical (unpaired) electrons. The lowest BCUT2D eigenvalue weighted by atomic mass is 10.1. The van der Waals surface area contributed by atoms with Crippen molar-refractivity contribution < 1.29 is 14.7 Å². The lowest BCUT2D eigenvalue weighted by Gasteiger charge is -1.94. The number of fused-ring (bicyclic) bond motifs is 1. The van der Waals surface area contributed by atoms with Crippen molar-refractivity contribution in [1.29, 1.82) is 0 Å². The summed E-state index contributed by atoms with van der Waals surface area (Å²) in [6, 6.07) is 7.43. The summed E-state index contributed by atoms with van der Waals surface area (Å²) in [5, 5.41) is 11.2. The van der Waals surface area contributed by atoms with Crippen molar-refractivity contribution in [2.24, 2.45) is 0 Å². The van der Waals surface area contributed by atoms with E-state index in [0.717, 1.165) is 22.2 Å². The zero-order valence-electron chi connectivity index (χ0n) is 14.3. The topological polar surface area (TPSA) is 83.0 Å². The largest absolute Gasteiger partial charge is 0.476 e. The summed E-state index contributed by atoms with van der Waals surface area (Å²) in [6.45, 7) is 8.25. The fourth-order valence-electron chi connectivity index (χ4n) is 1.85. The number of aromatic carboxylic acids is 1. The van der Waals surface area contributed by atoms with Crippen molar-refractivity contribution in [3.05, 3.63) is 52.1 Å². The van der Waals surface area contributed by atoms with Gasteiger partial charge in [0.25, 0.3) is 0 Å². The molecule has 0 atom stereocenters. The number of carbonyl (C=O) groups is 2. The molecule has 24 heavy (non-hydrogen) atoms. The van der Waals surface area contributed by atoms with Gasteiger partial charge >= 0.3 is 5.97 Å². The predicted molar refractivity (Wildman–Crippen MR) is 98.1 cm³/mol. The molecule has 0 bridgehead atoms. The average Bonchev–Trinajstić information content (AvgIpc) is 3.24. The van der Waals surface area contributed by atoms with Gasteiger partial charge in [0.15, 0.2) is 10.7 Å². The first-order valence-electron chi connectivity index (χ1n) is 7.88. The Morgan fingerprint density at radius 3 is 2.42 bits per heavy atom. The standard InChI is InChI=1S/C13H8N2O3S.C3H8.C2H6/c16-11(12-15-10(6-19-12)13(17)18)8-5-14-9-4-2-1-3-7(8)9;1-3-2;1-2/h1-6,14H,(H,17,18);3H2,1-2H3;1-2H3. The molecule has 0 unspecified atom stereocenters. The predicted octanol–water partition coefficient (Wildman–Crippen LogP) is 5.00. The molecule has 3 aromatic rings. The van der Waals surface area contributed by atoms with Gasteiger partial charge in [-0.3, -0.25) is 4.79 Å². The first-order chi connectivity index (χ1) is 11.6. The number of carboxylic acids is 1. The zero-order valence-corrected chi connectivity index (χ0v) is 15.1. The molecule has 1 aromatic carbocycles. The maximum absolute atomic E-state index is 12.3. The fourth-order valence-corrected chi connectivity index (χ4v) is 2.60. The molecule has 2 heterocycles. The third-order valence-corrected chi connectivity index (χ3v) is 3.59. The van der Waals surface area contributed by atoms with E-state index in [0.29, 0.717) is 5.56 Å². The van der Waals surface area contributed by atoms with E-state index >= 15 is 0 Å². The number of aromatic nitrogens is 2. The Morgan fingerprint density at radius 1 is 1.21 bits per heavy atom. The second kappa shape index (κ2) is 9.62. The summed E-state index contributed by atoms with van der Waals surface area (Å²) in [5.74, 6) is -1.40. The molecule has 128 valence electrons. The minimum absolute atomic E-state index is 0.104. The van der Waals surface area contributed by atoms with Crippen molar-refractivity contribution in [3.63, 3.8) is 0 Å². The number of nitrogens with zero attached hydrogens (tertiary/aromatic N) is 1. The van der Waals surface area contributed by atoms with E-state index < -0.39 is 5.97 Å². The van der Waals surface area contributed by atoms with E-state index in [1.54, 1.807) is 6.20 Å². The number of hydrogen-bond acceptors (Lipinski definition) is 4. The maximum atomic E-state index is 12.3. The Kier molecular flexibility index (Phi) is 7.85. The Morgan fingerprint density at radius 2 is 1.83 bits per heavy atom. The molecule has 2 aromatic heterocycles. The molecule has 0 aliphatic rings. The molecule has 0 saturated carbocycles. The number of para-hydroxylation sites is 1. The molecular weight excluding hydrogens is 324 g/mol. The number of hydrogen-bond donors (Lipinski definition) is 2. The molecule has 2 N–H and O–H groups in total. The molecule has 3 rings (SSSR count). The SMILES string of the molecule is CC.CCC.O=C(O)c1csc(C(=O)c2c[nH]c3ccccc23)n1. The molecular formula is C18H22N2O3S. The first-order valence-corrected chi connectivity index (χ1v) is 8.76. The number of nitrogens with one attached hydrogen (secondary N) is 1. The number of H-pyrrole nitrogens is 1. The van der Waals surface area contributed by atoms with E-state index in [9.17, 15) is 9.59 Å². The van der Waals surface area contributed by atoms with Crippen LogP contribution in [-0.4, -0.2) is 26.8 Å². The second-order valence-corrected chi connectivity index (χ2v) is 5.49. The Balaban J connectivity index is 0.000000521. The summed E-state index contributed by atoms with van der Waals surface area (Å²) in [6.07, 6.45) is 2.87. The van der Waals surface area contributed by atoms with Gasteiger partial charge in [0.2, 0.25) is 5.78 Å². The molecule has 0 aliphatic carbocycles. The first kappa shape index (κ1) is 19.6. The average molecular weight is 346 g/mol. The summed E-state index contributed by atoms with van der Waals surface area (Å²) >= 11 is 1.04. The van der Waals surface area contributed by atoms with Crippen LogP contribution in [0.2, 0.25) is 0 Å². The van der Waals surface area contributed by atoms with Crippen LogP contribution in [0.3, 0.4) is 0 Å². The highest BCUT2D eigenvalue weighted by molar-refractivity contribution is 7.12. The van der Waals surface area contributed by atoms with Crippen molar-refractivity contribution >= 4 is 34.0 Å². The van der Waals surface area contributed by atoms with Gasteiger partial charge in [0.05, 0.1) is 5.56 Å². The summed E-state index contributed by atoms with van der Waals surface area (Å²) < 4.78 is 0.